The molecule has 0 aliphatic heterocycles. The fourth-order valence-electron chi connectivity index (χ4n) is 3.09. The normalized spacial score (nSPS) is 10.6. The summed E-state index contributed by atoms with van der Waals surface area (Å²) in [6.07, 6.45) is 0. The van der Waals surface area contributed by atoms with Crippen LogP contribution in [0.1, 0.15) is 11.4 Å². The van der Waals surface area contributed by atoms with Gasteiger partial charge in [0.15, 0.2) is 5.82 Å². The first-order valence-electron chi connectivity index (χ1n) is 8.78. The molecule has 0 fully saturated rings. The number of anilines is 1. The van der Waals surface area contributed by atoms with Gasteiger partial charge >= 0.3 is 0 Å². The van der Waals surface area contributed by atoms with E-state index in [4.69, 9.17) is 9.78 Å². The molecule has 0 unspecified atom stereocenters. The van der Waals surface area contributed by atoms with Crippen LogP contribution in [0, 0.1) is 18.3 Å². The summed E-state index contributed by atoms with van der Waals surface area (Å²) in [7, 11) is 0. The van der Waals surface area contributed by atoms with Gasteiger partial charge in [-0.3, -0.25) is 14.2 Å². The molecule has 8 nitrogen and oxygen atoms in total. The number of pyridine rings is 1. The molecule has 8 heteroatoms. The molecule has 0 aliphatic carbocycles. The molecule has 29 heavy (non-hydrogen) atoms. The first-order chi connectivity index (χ1) is 14.0. The molecule has 142 valence electrons. The molecule has 0 bridgehead atoms. The molecule has 0 radical (unpaired) electrons. The topological polar surface area (TPSA) is 114 Å². The molecule has 4 aromatic rings. The molecule has 0 saturated carbocycles. The Bertz CT molecular complexity index is 1330. The highest BCUT2D eigenvalue weighted by Crippen LogP contribution is 2.25. The predicted octanol–water partition coefficient (Wildman–Crippen LogP) is 2.87. The number of nitrogens with one attached hydrogen (secondary N) is 1. The van der Waals surface area contributed by atoms with Gasteiger partial charge in [-0.15, -0.1) is 0 Å². The lowest BCUT2D eigenvalue weighted by atomic mass is 10.1. The van der Waals surface area contributed by atoms with Crippen molar-refractivity contribution in [3.8, 4) is 17.5 Å². The molecule has 1 amide bonds. The van der Waals surface area contributed by atoms with Crippen LogP contribution in [0.15, 0.2) is 63.9 Å². The number of carbonyl (C=O) groups excluding carboxylic acids is 1. The number of rotatable bonds is 4. The second-order valence-electron chi connectivity index (χ2n) is 6.39. The lowest BCUT2D eigenvalue weighted by Gasteiger charge is -2.12. The van der Waals surface area contributed by atoms with Crippen LogP contribution in [0.2, 0.25) is 0 Å². The quantitative estimate of drug-likeness (QED) is 0.578. The van der Waals surface area contributed by atoms with Gasteiger partial charge in [0, 0.05) is 17.1 Å². The van der Waals surface area contributed by atoms with E-state index in [2.05, 4.69) is 15.5 Å². The Morgan fingerprint density at radius 2 is 2.03 bits per heavy atom. The van der Waals surface area contributed by atoms with Gasteiger partial charge in [-0.1, -0.05) is 29.4 Å². The van der Waals surface area contributed by atoms with E-state index < -0.39 is 0 Å². The maximum atomic E-state index is 12.8. The fraction of sp³-hybridized carbons (Fsp3) is 0.0952. The molecule has 2 aromatic heterocycles. The van der Waals surface area contributed by atoms with Crippen molar-refractivity contribution in [2.75, 3.05) is 5.32 Å². The Labute approximate surface area is 165 Å². The zero-order valence-electron chi connectivity index (χ0n) is 15.4. The summed E-state index contributed by atoms with van der Waals surface area (Å²) in [6, 6.07) is 17.2. The Balaban J connectivity index is 1.71. The van der Waals surface area contributed by atoms with Crippen LogP contribution < -0.4 is 10.9 Å². The lowest BCUT2D eigenvalue weighted by molar-refractivity contribution is -0.116. The Morgan fingerprint density at radius 1 is 1.21 bits per heavy atom. The van der Waals surface area contributed by atoms with Crippen molar-refractivity contribution in [3.05, 3.63) is 76.3 Å². The highest BCUT2D eigenvalue weighted by molar-refractivity contribution is 5.95. The number of hydrogen-bond donors (Lipinski definition) is 1. The highest BCUT2D eigenvalue weighted by atomic mass is 16.5. The number of aromatic nitrogens is 3. The number of hydrogen-bond acceptors (Lipinski definition) is 6. The molecular formula is C21H15N5O3. The minimum atomic E-state index is -0.381. The van der Waals surface area contributed by atoms with E-state index in [-0.39, 0.29) is 23.9 Å². The minimum Gasteiger partial charge on any atom is -0.334 e. The average molecular weight is 385 g/mol. The van der Waals surface area contributed by atoms with Crippen molar-refractivity contribution in [1.29, 1.82) is 5.26 Å². The number of amides is 1. The zero-order valence-corrected chi connectivity index (χ0v) is 15.4. The number of para-hydroxylation sites is 1. The minimum absolute atomic E-state index is 0.181. The van der Waals surface area contributed by atoms with Crippen LogP contribution in [-0.4, -0.2) is 20.6 Å². The Morgan fingerprint density at radius 3 is 2.79 bits per heavy atom. The summed E-state index contributed by atoms with van der Waals surface area (Å²) >= 11 is 0. The second-order valence-corrected chi connectivity index (χ2v) is 6.39. The summed E-state index contributed by atoms with van der Waals surface area (Å²) in [5.41, 5.74) is 1.65. The van der Waals surface area contributed by atoms with E-state index in [0.29, 0.717) is 28.2 Å². The van der Waals surface area contributed by atoms with E-state index in [1.807, 2.05) is 18.2 Å². The smallest absolute Gasteiger partial charge is 0.258 e. The van der Waals surface area contributed by atoms with Crippen molar-refractivity contribution in [3.63, 3.8) is 0 Å². The van der Waals surface area contributed by atoms with E-state index in [0.717, 1.165) is 5.39 Å². The van der Waals surface area contributed by atoms with Crippen molar-refractivity contribution < 1.29 is 9.32 Å². The Kier molecular flexibility index (Phi) is 4.63. The number of nitrogens with zero attached hydrogens (tertiary/aromatic N) is 4. The first kappa shape index (κ1) is 18.1. The van der Waals surface area contributed by atoms with E-state index in [9.17, 15) is 9.59 Å². The Hall–Kier alpha value is -4.25. The van der Waals surface area contributed by atoms with Gasteiger partial charge in [-0.2, -0.15) is 10.2 Å². The number of carbonyl (C=O) groups is 1. The van der Waals surface area contributed by atoms with Crippen molar-refractivity contribution in [2.24, 2.45) is 0 Å². The van der Waals surface area contributed by atoms with Gasteiger partial charge in [0.1, 0.15) is 6.54 Å². The standard InChI is InChI=1S/C21H15N5O3/c1-13-23-21(29-25-13)17-10-20(28)26(18-8-3-2-7-16(17)18)12-19(27)24-15-6-4-5-14(9-15)11-22/h2-10H,12H2,1H3,(H,24,27). The molecule has 2 heterocycles. The highest BCUT2D eigenvalue weighted by Gasteiger charge is 2.16. The third-order valence-corrected chi connectivity index (χ3v) is 4.35. The molecule has 0 saturated heterocycles. The van der Waals surface area contributed by atoms with Crippen LogP contribution in [0.4, 0.5) is 5.69 Å². The van der Waals surface area contributed by atoms with Gasteiger partial charge in [-0.25, -0.2) is 0 Å². The summed E-state index contributed by atoms with van der Waals surface area (Å²) in [5.74, 6) is 0.335. The largest absolute Gasteiger partial charge is 0.334 e. The van der Waals surface area contributed by atoms with Crippen LogP contribution in [0.5, 0.6) is 0 Å². The van der Waals surface area contributed by atoms with Gasteiger partial charge in [0.05, 0.1) is 22.7 Å². The predicted molar refractivity (Wildman–Crippen MR) is 106 cm³/mol. The molecule has 0 atom stereocenters. The third-order valence-electron chi connectivity index (χ3n) is 4.35. The van der Waals surface area contributed by atoms with Crippen molar-refractivity contribution in [1.82, 2.24) is 14.7 Å². The van der Waals surface area contributed by atoms with Gasteiger partial charge in [-0.05, 0) is 31.2 Å². The van der Waals surface area contributed by atoms with E-state index in [1.54, 1.807) is 43.3 Å². The molecule has 2 aromatic carbocycles. The molecule has 4 rings (SSSR count). The van der Waals surface area contributed by atoms with Crippen molar-refractivity contribution >= 4 is 22.5 Å². The molecular weight excluding hydrogens is 370 g/mol. The van der Waals surface area contributed by atoms with Crippen LogP contribution in [-0.2, 0) is 11.3 Å². The lowest BCUT2D eigenvalue weighted by Crippen LogP contribution is -2.27. The average Bonchev–Trinajstić information content (AvgIpc) is 3.16. The maximum absolute atomic E-state index is 12.8. The number of nitriles is 1. The van der Waals surface area contributed by atoms with E-state index in [1.165, 1.54) is 10.6 Å². The third kappa shape index (κ3) is 3.61. The monoisotopic (exact) mass is 385 g/mol. The van der Waals surface area contributed by atoms with Gasteiger partial charge in [0.25, 0.3) is 11.4 Å². The van der Waals surface area contributed by atoms with Crippen LogP contribution >= 0.6 is 0 Å². The van der Waals surface area contributed by atoms with E-state index >= 15 is 0 Å². The molecule has 0 aliphatic rings. The summed E-state index contributed by atoms with van der Waals surface area (Å²) in [5, 5.41) is 16.2. The van der Waals surface area contributed by atoms with Crippen LogP contribution in [0.25, 0.3) is 22.4 Å². The fourth-order valence-corrected chi connectivity index (χ4v) is 3.09. The zero-order chi connectivity index (χ0) is 20.4. The SMILES string of the molecule is Cc1noc(-c2cc(=O)n(CC(=O)Nc3cccc(C#N)c3)c3ccccc23)n1. The molecule has 1 N–H and O–H groups in total. The number of benzene rings is 2. The second kappa shape index (κ2) is 7.40. The molecule has 0 spiro atoms. The number of aryl methyl sites for hydroxylation is 1. The summed E-state index contributed by atoms with van der Waals surface area (Å²) in [4.78, 5) is 29.5. The first-order valence-corrected chi connectivity index (χ1v) is 8.78. The van der Waals surface area contributed by atoms with Crippen molar-refractivity contribution in [2.45, 2.75) is 13.5 Å². The van der Waals surface area contributed by atoms with Gasteiger partial charge in [0.2, 0.25) is 5.91 Å². The summed E-state index contributed by atoms with van der Waals surface area (Å²) in [6.45, 7) is 1.52. The van der Waals surface area contributed by atoms with Crippen LogP contribution in [0.3, 0.4) is 0 Å². The van der Waals surface area contributed by atoms with Gasteiger partial charge < -0.3 is 9.84 Å². The maximum Gasteiger partial charge on any atom is 0.258 e. The number of fused-ring (bicyclic) bond motifs is 1. The summed E-state index contributed by atoms with van der Waals surface area (Å²) < 4.78 is 6.60.